The molecule has 3 nitrogen and oxygen atoms in total. The van der Waals surface area contributed by atoms with Gasteiger partial charge in [0.25, 0.3) is 0 Å². The van der Waals surface area contributed by atoms with E-state index in [1.54, 1.807) is 4.90 Å². The maximum Gasteiger partial charge on any atom is 0.239 e. The molecule has 0 aromatic carbocycles. The molecule has 0 aliphatic heterocycles. The van der Waals surface area contributed by atoms with Crippen LogP contribution in [-0.2, 0) is 4.79 Å². The van der Waals surface area contributed by atoms with Crippen LogP contribution >= 0.6 is 0 Å². The Morgan fingerprint density at radius 1 is 1.31 bits per heavy atom. The quantitative estimate of drug-likeness (QED) is 0.750. The highest BCUT2D eigenvalue weighted by atomic mass is 16.2. The topological polar surface area (TPSA) is 32.3 Å². The Morgan fingerprint density at radius 3 is 2.25 bits per heavy atom. The second kappa shape index (κ2) is 5.67. The molecule has 0 aromatic heterocycles. The van der Waals surface area contributed by atoms with Crippen molar-refractivity contribution in [2.24, 2.45) is 11.8 Å². The lowest BCUT2D eigenvalue weighted by Gasteiger charge is -2.26. The summed E-state index contributed by atoms with van der Waals surface area (Å²) in [4.78, 5) is 13.7. The summed E-state index contributed by atoms with van der Waals surface area (Å²) in [7, 11) is 3.66. The van der Waals surface area contributed by atoms with Crippen LogP contribution in [0, 0.1) is 11.8 Å². The second-order valence-corrected chi connectivity index (χ2v) is 5.71. The summed E-state index contributed by atoms with van der Waals surface area (Å²) in [5.41, 5.74) is 0. The van der Waals surface area contributed by atoms with Crippen LogP contribution in [0.5, 0.6) is 0 Å². The van der Waals surface area contributed by atoms with Crippen molar-refractivity contribution in [3.05, 3.63) is 0 Å². The van der Waals surface area contributed by atoms with Crippen molar-refractivity contribution in [2.75, 3.05) is 14.1 Å². The van der Waals surface area contributed by atoms with Gasteiger partial charge in [-0.3, -0.25) is 4.79 Å². The van der Waals surface area contributed by atoms with E-state index in [0.29, 0.717) is 12.0 Å². The largest absolute Gasteiger partial charge is 0.347 e. The molecule has 0 bridgehead atoms. The molecule has 0 saturated heterocycles. The van der Waals surface area contributed by atoms with Crippen molar-refractivity contribution in [1.29, 1.82) is 0 Å². The smallest absolute Gasteiger partial charge is 0.239 e. The SMILES string of the molecule is CC(C)CC(NC(C)C1CC1)C(=O)N(C)C. The van der Waals surface area contributed by atoms with E-state index in [1.165, 1.54) is 12.8 Å². The molecule has 1 fully saturated rings. The van der Waals surface area contributed by atoms with Crippen LogP contribution in [0.1, 0.15) is 40.0 Å². The van der Waals surface area contributed by atoms with Crippen molar-refractivity contribution in [3.63, 3.8) is 0 Å². The zero-order valence-electron chi connectivity index (χ0n) is 11.3. The Morgan fingerprint density at radius 2 is 1.88 bits per heavy atom. The van der Waals surface area contributed by atoms with Crippen LogP contribution < -0.4 is 5.32 Å². The molecule has 0 heterocycles. The van der Waals surface area contributed by atoms with Crippen LogP contribution in [0.2, 0.25) is 0 Å². The Labute approximate surface area is 99.6 Å². The van der Waals surface area contributed by atoms with E-state index in [1.807, 2.05) is 14.1 Å². The highest BCUT2D eigenvalue weighted by Crippen LogP contribution is 2.32. The third-order valence-electron chi connectivity index (χ3n) is 3.24. The average molecular weight is 226 g/mol. The minimum absolute atomic E-state index is 0.00870. The van der Waals surface area contributed by atoms with Gasteiger partial charge < -0.3 is 10.2 Å². The predicted octanol–water partition coefficient (Wildman–Crippen LogP) is 1.88. The van der Waals surface area contributed by atoms with Gasteiger partial charge in [0.05, 0.1) is 6.04 Å². The van der Waals surface area contributed by atoms with E-state index in [2.05, 4.69) is 26.1 Å². The Balaban J connectivity index is 2.51. The molecule has 94 valence electrons. The van der Waals surface area contributed by atoms with Crippen LogP contribution in [0.25, 0.3) is 0 Å². The lowest BCUT2D eigenvalue weighted by atomic mass is 10.0. The normalized spacial score (nSPS) is 19.6. The number of hydrogen-bond acceptors (Lipinski definition) is 2. The van der Waals surface area contributed by atoms with Gasteiger partial charge in [0.15, 0.2) is 0 Å². The van der Waals surface area contributed by atoms with E-state index >= 15 is 0 Å². The third-order valence-corrected chi connectivity index (χ3v) is 3.24. The zero-order chi connectivity index (χ0) is 12.3. The van der Waals surface area contributed by atoms with Gasteiger partial charge >= 0.3 is 0 Å². The van der Waals surface area contributed by atoms with Crippen molar-refractivity contribution < 1.29 is 4.79 Å². The van der Waals surface area contributed by atoms with Crippen molar-refractivity contribution in [2.45, 2.75) is 52.1 Å². The van der Waals surface area contributed by atoms with Gasteiger partial charge in [-0.2, -0.15) is 0 Å². The molecule has 1 aliphatic carbocycles. The first-order valence-electron chi connectivity index (χ1n) is 6.39. The van der Waals surface area contributed by atoms with E-state index < -0.39 is 0 Å². The van der Waals surface area contributed by atoms with Gasteiger partial charge in [-0.25, -0.2) is 0 Å². The minimum Gasteiger partial charge on any atom is -0.347 e. The van der Waals surface area contributed by atoms with Gasteiger partial charge in [0, 0.05) is 20.1 Å². The number of rotatable bonds is 6. The number of hydrogen-bond donors (Lipinski definition) is 1. The molecule has 1 rings (SSSR count). The molecule has 2 unspecified atom stereocenters. The van der Waals surface area contributed by atoms with Crippen molar-refractivity contribution in [3.8, 4) is 0 Å². The number of amides is 1. The Kier molecular flexibility index (Phi) is 4.78. The molecule has 0 aromatic rings. The summed E-state index contributed by atoms with van der Waals surface area (Å²) in [6.45, 7) is 6.53. The summed E-state index contributed by atoms with van der Waals surface area (Å²) in [5.74, 6) is 1.55. The second-order valence-electron chi connectivity index (χ2n) is 5.71. The summed E-state index contributed by atoms with van der Waals surface area (Å²) in [5, 5.41) is 3.50. The number of carbonyl (C=O) groups is 1. The fourth-order valence-corrected chi connectivity index (χ4v) is 2.07. The summed E-state index contributed by atoms with van der Waals surface area (Å²) >= 11 is 0. The molecular formula is C13H26N2O. The molecule has 1 saturated carbocycles. The zero-order valence-corrected chi connectivity index (χ0v) is 11.3. The van der Waals surface area contributed by atoms with E-state index in [-0.39, 0.29) is 11.9 Å². The maximum atomic E-state index is 12.0. The fraction of sp³-hybridized carbons (Fsp3) is 0.923. The number of likely N-dealkylation sites (N-methyl/N-ethyl adjacent to an activating group) is 1. The lowest BCUT2D eigenvalue weighted by Crippen LogP contribution is -2.48. The van der Waals surface area contributed by atoms with Gasteiger partial charge in [-0.1, -0.05) is 13.8 Å². The van der Waals surface area contributed by atoms with Gasteiger partial charge in [-0.05, 0) is 38.0 Å². The predicted molar refractivity (Wildman–Crippen MR) is 67.3 cm³/mol. The van der Waals surface area contributed by atoms with Gasteiger partial charge in [-0.15, -0.1) is 0 Å². The van der Waals surface area contributed by atoms with Crippen molar-refractivity contribution >= 4 is 5.91 Å². The van der Waals surface area contributed by atoms with Crippen LogP contribution in [0.4, 0.5) is 0 Å². The first-order chi connectivity index (χ1) is 7.41. The number of carbonyl (C=O) groups excluding carboxylic acids is 1. The molecular weight excluding hydrogens is 200 g/mol. The summed E-state index contributed by atoms with van der Waals surface area (Å²) < 4.78 is 0. The standard InChI is InChI=1S/C13H26N2O/c1-9(2)8-12(13(16)15(4)5)14-10(3)11-6-7-11/h9-12,14H,6-8H2,1-5H3. The number of nitrogens with zero attached hydrogens (tertiary/aromatic N) is 1. The van der Waals surface area contributed by atoms with Crippen LogP contribution in [-0.4, -0.2) is 37.0 Å². The Hall–Kier alpha value is -0.570. The van der Waals surface area contributed by atoms with E-state index in [0.717, 1.165) is 12.3 Å². The molecule has 0 spiro atoms. The van der Waals surface area contributed by atoms with Gasteiger partial charge in [0.2, 0.25) is 5.91 Å². The van der Waals surface area contributed by atoms with E-state index in [4.69, 9.17) is 0 Å². The summed E-state index contributed by atoms with van der Waals surface area (Å²) in [6.07, 6.45) is 3.56. The fourth-order valence-electron chi connectivity index (χ4n) is 2.07. The highest BCUT2D eigenvalue weighted by Gasteiger charge is 2.31. The first kappa shape index (κ1) is 13.5. The molecule has 1 amide bonds. The summed E-state index contributed by atoms with van der Waals surface area (Å²) in [6, 6.07) is 0.471. The monoisotopic (exact) mass is 226 g/mol. The molecule has 1 aliphatic rings. The molecule has 3 heteroatoms. The van der Waals surface area contributed by atoms with Crippen LogP contribution in [0.15, 0.2) is 0 Å². The Bertz CT molecular complexity index is 234. The lowest BCUT2D eigenvalue weighted by molar-refractivity contribution is -0.131. The number of nitrogens with one attached hydrogen (secondary N) is 1. The molecule has 0 radical (unpaired) electrons. The third kappa shape index (κ3) is 4.12. The average Bonchev–Trinajstić information content (AvgIpc) is 2.97. The molecule has 2 atom stereocenters. The van der Waals surface area contributed by atoms with E-state index in [9.17, 15) is 4.79 Å². The minimum atomic E-state index is -0.00870. The first-order valence-corrected chi connectivity index (χ1v) is 6.39. The molecule has 1 N–H and O–H groups in total. The van der Waals surface area contributed by atoms with Gasteiger partial charge in [0.1, 0.15) is 0 Å². The van der Waals surface area contributed by atoms with Crippen molar-refractivity contribution in [1.82, 2.24) is 10.2 Å². The highest BCUT2D eigenvalue weighted by molar-refractivity contribution is 5.81. The van der Waals surface area contributed by atoms with Crippen LogP contribution in [0.3, 0.4) is 0 Å². The maximum absolute atomic E-state index is 12.0. The molecule has 16 heavy (non-hydrogen) atoms.